The van der Waals surface area contributed by atoms with Crippen molar-refractivity contribution in [3.63, 3.8) is 0 Å². The first-order chi connectivity index (χ1) is 15.9. The number of hydrogen-bond acceptors (Lipinski definition) is 5. The Bertz CT molecular complexity index is 1280. The van der Waals surface area contributed by atoms with E-state index in [1.165, 1.54) is 29.6 Å². The summed E-state index contributed by atoms with van der Waals surface area (Å²) in [5, 5.41) is 2.81. The van der Waals surface area contributed by atoms with Crippen LogP contribution in [0.5, 0.6) is 11.5 Å². The molecular formula is C24H23ClN2O5S. The number of ether oxygens (including phenoxy) is 2. The van der Waals surface area contributed by atoms with Gasteiger partial charge in [0.2, 0.25) is 0 Å². The molecule has 9 heteroatoms. The number of benzene rings is 3. The minimum absolute atomic E-state index is 0.0648. The van der Waals surface area contributed by atoms with E-state index in [9.17, 15) is 13.2 Å². The highest BCUT2D eigenvalue weighted by Crippen LogP contribution is 2.34. The zero-order valence-electron chi connectivity index (χ0n) is 18.0. The molecule has 0 aromatic heterocycles. The third-order valence-corrected chi connectivity index (χ3v) is 7.40. The summed E-state index contributed by atoms with van der Waals surface area (Å²) in [6.45, 7) is 0.0989. The first-order valence-electron chi connectivity index (χ1n) is 10.4. The molecule has 1 heterocycles. The lowest BCUT2D eigenvalue weighted by molar-refractivity contribution is -0.118. The predicted molar refractivity (Wildman–Crippen MR) is 128 cm³/mol. The van der Waals surface area contributed by atoms with Gasteiger partial charge in [-0.05, 0) is 54.8 Å². The summed E-state index contributed by atoms with van der Waals surface area (Å²) in [6, 6.07) is 18.7. The summed E-state index contributed by atoms with van der Waals surface area (Å²) in [7, 11) is -2.28. The van der Waals surface area contributed by atoms with Gasteiger partial charge in [-0.25, -0.2) is 8.42 Å². The standard InChI is InChI=1S/C24H23ClN2O5S/c1-31-23-11-5-3-9-20(23)26-24(28)16-32-22-13-12-18(15-19(22)25)33(29,30)27-14-6-8-17-7-2-4-10-21(17)27/h2-5,7,9-13,15H,6,8,14,16H2,1H3,(H,26,28). The van der Waals surface area contributed by atoms with Crippen molar-refractivity contribution in [3.8, 4) is 11.5 Å². The maximum Gasteiger partial charge on any atom is 0.264 e. The molecule has 0 unspecified atom stereocenters. The first kappa shape index (κ1) is 22.9. The van der Waals surface area contributed by atoms with Crippen LogP contribution in [-0.2, 0) is 21.2 Å². The maximum absolute atomic E-state index is 13.3. The second-order valence-corrected chi connectivity index (χ2v) is 9.71. The van der Waals surface area contributed by atoms with Gasteiger partial charge in [0.1, 0.15) is 11.5 Å². The molecule has 0 fully saturated rings. The largest absolute Gasteiger partial charge is 0.495 e. The summed E-state index contributed by atoms with van der Waals surface area (Å²) in [4.78, 5) is 12.3. The van der Waals surface area contributed by atoms with Gasteiger partial charge in [0.25, 0.3) is 15.9 Å². The third kappa shape index (κ3) is 4.91. The Morgan fingerprint density at radius 2 is 1.82 bits per heavy atom. The van der Waals surface area contributed by atoms with Crippen LogP contribution in [0.15, 0.2) is 71.6 Å². The summed E-state index contributed by atoms with van der Waals surface area (Å²) in [5.74, 6) is 0.333. The SMILES string of the molecule is COc1ccccc1NC(=O)COc1ccc(S(=O)(=O)N2CCCc3ccccc32)cc1Cl. The van der Waals surface area contributed by atoms with Crippen LogP contribution < -0.4 is 19.1 Å². The quantitative estimate of drug-likeness (QED) is 0.531. The van der Waals surface area contributed by atoms with Gasteiger partial charge in [-0.3, -0.25) is 9.10 Å². The van der Waals surface area contributed by atoms with Crippen LogP contribution >= 0.6 is 11.6 Å². The zero-order chi connectivity index (χ0) is 23.4. The van der Waals surface area contributed by atoms with Crippen LogP contribution in [0.1, 0.15) is 12.0 Å². The average Bonchev–Trinajstić information content (AvgIpc) is 2.83. The number of para-hydroxylation sites is 3. The number of rotatable bonds is 7. The first-order valence-corrected chi connectivity index (χ1v) is 12.2. The lowest BCUT2D eigenvalue weighted by atomic mass is 10.0. The number of methoxy groups -OCH3 is 1. The van der Waals surface area contributed by atoms with Gasteiger partial charge in [0, 0.05) is 6.54 Å². The number of aryl methyl sites for hydroxylation is 1. The Labute approximate surface area is 197 Å². The number of carbonyl (C=O) groups excluding carboxylic acids is 1. The van der Waals surface area contributed by atoms with Crippen molar-refractivity contribution in [2.24, 2.45) is 0 Å². The van der Waals surface area contributed by atoms with E-state index < -0.39 is 15.9 Å². The molecule has 1 aliphatic heterocycles. The fourth-order valence-electron chi connectivity index (χ4n) is 3.71. The highest BCUT2D eigenvalue weighted by atomic mass is 35.5. The summed E-state index contributed by atoms with van der Waals surface area (Å²) >= 11 is 6.31. The number of halogens is 1. The molecule has 0 saturated carbocycles. The molecule has 0 aliphatic carbocycles. The van der Waals surface area contributed by atoms with Crippen LogP contribution in [0.4, 0.5) is 11.4 Å². The molecule has 0 radical (unpaired) electrons. The number of fused-ring (bicyclic) bond motifs is 1. The smallest absolute Gasteiger partial charge is 0.264 e. The number of nitrogens with zero attached hydrogens (tertiary/aromatic N) is 1. The number of amides is 1. The van der Waals surface area contributed by atoms with E-state index in [4.69, 9.17) is 21.1 Å². The molecule has 0 spiro atoms. The second-order valence-electron chi connectivity index (χ2n) is 7.44. The van der Waals surface area contributed by atoms with Crippen molar-refractivity contribution in [1.29, 1.82) is 0 Å². The lowest BCUT2D eigenvalue weighted by Gasteiger charge is -2.30. The topological polar surface area (TPSA) is 84.9 Å². The maximum atomic E-state index is 13.3. The molecule has 4 rings (SSSR count). The summed E-state index contributed by atoms with van der Waals surface area (Å²) in [5.41, 5.74) is 2.20. The Morgan fingerprint density at radius 1 is 1.06 bits per heavy atom. The van der Waals surface area contributed by atoms with Gasteiger partial charge >= 0.3 is 0 Å². The number of hydrogen-bond donors (Lipinski definition) is 1. The van der Waals surface area contributed by atoms with Gasteiger partial charge in [-0.1, -0.05) is 41.9 Å². The van der Waals surface area contributed by atoms with Crippen LogP contribution in [0, 0.1) is 0 Å². The third-order valence-electron chi connectivity index (χ3n) is 5.30. The normalized spacial score (nSPS) is 13.2. The minimum atomic E-state index is -3.79. The van der Waals surface area contributed by atoms with Crippen molar-refractivity contribution in [1.82, 2.24) is 0 Å². The van der Waals surface area contributed by atoms with Gasteiger partial charge in [0.15, 0.2) is 6.61 Å². The highest BCUT2D eigenvalue weighted by Gasteiger charge is 2.29. The molecule has 0 saturated heterocycles. The summed E-state index contributed by atoms with van der Waals surface area (Å²) in [6.07, 6.45) is 1.58. The molecule has 0 atom stereocenters. The Kier molecular flexibility index (Phi) is 6.76. The second kappa shape index (κ2) is 9.72. The van der Waals surface area contributed by atoms with Crippen molar-refractivity contribution in [3.05, 3.63) is 77.3 Å². The fourth-order valence-corrected chi connectivity index (χ4v) is 5.58. The van der Waals surface area contributed by atoms with E-state index in [2.05, 4.69) is 5.32 Å². The van der Waals surface area contributed by atoms with Gasteiger partial charge in [-0.15, -0.1) is 0 Å². The predicted octanol–water partition coefficient (Wildman–Crippen LogP) is 4.51. The van der Waals surface area contributed by atoms with Crippen LogP contribution in [0.25, 0.3) is 0 Å². The van der Waals surface area contributed by atoms with E-state index in [-0.39, 0.29) is 22.3 Å². The zero-order valence-corrected chi connectivity index (χ0v) is 19.5. The number of anilines is 2. The molecule has 3 aromatic carbocycles. The average molecular weight is 487 g/mol. The van der Waals surface area contributed by atoms with Crippen LogP contribution in [-0.4, -0.2) is 34.6 Å². The van der Waals surface area contributed by atoms with E-state index >= 15 is 0 Å². The monoisotopic (exact) mass is 486 g/mol. The van der Waals surface area contributed by atoms with E-state index in [1.807, 2.05) is 24.3 Å². The Hall–Kier alpha value is -3.23. The molecule has 3 aromatic rings. The Morgan fingerprint density at radius 3 is 2.61 bits per heavy atom. The number of sulfonamides is 1. The number of carbonyl (C=O) groups is 1. The molecule has 1 N–H and O–H groups in total. The van der Waals surface area contributed by atoms with Gasteiger partial charge < -0.3 is 14.8 Å². The minimum Gasteiger partial charge on any atom is -0.495 e. The van der Waals surface area contributed by atoms with Crippen molar-refractivity contribution in [2.45, 2.75) is 17.7 Å². The van der Waals surface area contributed by atoms with E-state index in [0.29, 0.717) is 23.7 Å². The highest BCUT2D eigenvalue weighted by molar-refractivity contribution is 7.92. The van der Waals surface area contributed by atoms with Crippen molar-refractivity contribution >= 4 is 38.9 Å². The van der Waals surface area contributed by atoms with E-state index in [1.54, 1.807) is 24.3 Å². The van der Waals surface area contributed by atoms with Gasteiger partial charge in [-0.2, -0.15) is 0 Å². The van der Waals surface area contributed by atoms with Crippen LogP contribution in [0.2, 0.25) is 5.02 Å². The van der Waals surface area contributed by atoms with E-state index in [0.717, 1.165) is 18.4 Å². The Balaban J connectivity index is 1.47. The molecule has 7 nitrogen and oxygen atoms in total. The molecular weight excluding hydrogens is 464 g/mol. The summed E-state index contributed by atoms with van der Waals surface area (Å²) < 4.78 is 38.7. The molecule has 1 amide bonds. The van der Waals surface area contributed by atoms with Gasteiger partial charge in [0.05, 0.1) is 28.4 Å². The van der Waals surface area contributed by atoms with Crippen molar-refractivity contribution < 1.29 is 22.7 Å². The molecule has 1 aliphatic rings. The molecule has 172 valence electrons. The molecule has 33 heavy (non-hydrogen) atoms. The number of nitrogens with one attached hydrogen (secondary N) is 1. The lowest BCUT2D eigenvalue weighted by Crippen LogP contribution is -2.35. The fraction of sp³-hybridized carbons (Fsp3) is 0.208. The molecule has 0 bridgehead atoms. The van der Waals surface area contributed by atoms with Crippen LogP contribution in [0.3, 0.4) is 0 Å². The van der Waals surface area contributed by atoms with Crippen molar-refractivity contribution in [2.75, 3.05) is 29.9 Å².